The van der Waals surface area contributed by atoms with Crippen molar-refractivity contribution in [3.63, 3.8) is 0 Å². The van der Waals surface area contributed by atoms with Gasteiger partial charge in [-0.2, -0.15) is 5.10 Å². The van der Waals surface area contributed by atoms with Gasteiger partial charge < -0.3 is 16.0 Å². The van der Waals surface area contributed by atoms with Crippen LogP contribution in [0, 0.1) is 0 Å². The maximum absolute atomic E-state index is 12.2. The number of amides is 2. The van der Waals surface area contributed by atoms with E-state index in [0.29, 0.717) is 31.9 Å². The second kappa shape index (κ2) is 6.79. The Morgan fingerprint density at radius 3 is 2.92 bits per heavy atom. The highest BCUT2D eigenvalue weighted by molar-refractivity contribution is 5.92. The Morgan fingerprint density at radius 1 is 1.38 bits per heavy atom. The molecule has 0 radical (unpaired) electrons. The molecule has 0 bridgehead atoms. The Balaban J connectivity index is 1.65. The van der Waals surface area contributed by atoms with E-state index in [0.717, 1.165) is 11.4 Å². The Labute approximate surface area is 139 Å². The molecule has 24 heavy (non-hydrogen) atoms. The molecule has 126 valence electrons. The van der Waals surface area contributed by atoms with Gasteiger partial charge in [-0.1, -0.05) is 6.07 Å². The lowest BCUT2D eigenvalue weighted by atomic mass is 10.2. The molecule has 0 unspecified atom stereocenters. The van der Waals surface area contributed by atoms with Gasteiger partial charge in [0.15, 0.2) is 5.69 Å². The summed E-state index contributed by atoms with van der Waals surface area (Å²) in [7, 11) is 0. The van der Waals surface area contributed by atoms with Crippen molar-refractivity contribution in [1.82, 2.24) is 25.0 Å². The van der Waals surface area contributed by atoms with Crippen LogP contribution in [0.5, 0.6) is 0 Å². The van der Waals surface area contributed by atoms with Crippen LogP contribution in [0.25, 0.3) is 0 Å². The van der Waals surface area contributed by atoms with Gasteiger partial charge in [-0.25, -0.2) is 0 Å². The van der Waals surface area contributed by atoms with E-state index in [4.69, 9.17) is 5.73 Å². The number of pyridine rings is 1. The Hall–Kier alpha value is -2.74. The first kappa shape index (κ1) is 16.1. The number of hydrogen-bond donors (Lipinski definition) is 2. The van der Waals surface area contributed by atoms with Crippen LogP contribution >= 0.6 is 0 Å². The average Bonchev–Trinajstić information content (AvgIpc) is 3.03. The number of hydrogen-bond acceptors (Lipinski definition) is 5. The van der Waals surface area contributed by atoms with Crippen molar-refractivity contribution in [3.8, 4) is 0 Å². The first-order chi connectivity index (χ1) is 11.5. The Bertz CT molecular complexity index is 740. The molecule has 0 spiro atoms. The SMILES string of the molecule is C[C@H](N)C(=O)N1CCn2nc(C(=O)NCc3ccccn3)cc2C1. The fourth-order valence-corrected chi connectivity index (χ4v) is 2.62. The molecule has 2 amide bonds. The maximum Gasteiger partial charge on any atom is 0.272 e. The third-order valence-electron chi connectivity index (χ3n) is 3.89. The summed E-state index contributed by atoms with van der Waals surface area (Å²) in [5, 5.41) is 7.12. The molecule has 0 aliphatic carbocycles. The molecule has 3 N–H and O–H groups in total. The van der Waals surface area contributed by atoms with Gasteiger partial charge in [-0.15, -0.1) is 0 Å². The topological polar surface area (TPSA) is 106 Å². The lowest BCUT2D eigenvalue weighted by Crippen LogP contribution is -2.45. The van der Waals surface area contributed by atoms with Gasteiger partial charge in [-0.3, -0.25) is 19.3 Å². The molecular formula is C16H20N6O2. The number of nitrogens with two attached hydrogens (primary N) is 1. The molecule has 0 fully saturated rings. The van der Waals surface area contributed by atoms with E-state index in [1.54, 1.807) is 28.8 Å². The summed E-state index contributed by atoms with van der Waals surface area (Å²) in [5.74, 6) is -0.351. The molecule has 3 rings (SSSR count). The van der Waals surface area contributed by atoms with Crippen LogP contribution in [0.4, 0.5) is 0 Å². The number of carbonyl (C=O) groups excluding carboxylic acids is 2. The molecule has 0 aromatic carbocycles. The number of nitrogens with zero attached hydrogens (tertiary/aromatic N) is 4. The molecule has 8 heteroatoms. The van der Waals surface area contributed by atoms with Crippen LogP contribution in [-0.2, 0) is 24.4 Å². The van der Waals surface area contributed by atoms with Gasteiger partial charge in [0.25, 0.3) is 5.91 Å². The molecule has 1 atom stereocenters. The first-order valence-electron chi connectivity index (χ1n) is 7.84. The third kappa shape index (κ3) is 3.43. The van der Waals surface area contributed by atoms with Gasteiger partial charge >= 0.3 is 0 Å². The van der Waals surface area contributed by atoms with Crippen LogP contribution in [0.15, 0.2) is 30.5 Å². The highest BCUT2D eigenvalue weighted by Crippen LogP contribution is 2.14. The van der Waals surface area contributed by atoms with E-state index in [9.17, 15) is 9.59 Å². The molecule has 2 aromatic heterocycles. The summed E-state index contributed by atoms with van der Waals surface area (Å²) in [6.45, 7) is 3.54. The number of carbonyl (C=O) groups is 2. The van der Waals surface area contributed by atoms with Crippen LogP contribution in [0.1, 0.15) is 28.8 Å². The van der Waals surface area contributed by atoms with Crippen molar-refractivity contribution in [3.05, 3.63) is 47.5 Å². The van der Waals surface area contributed by atoms with Crippen molar-refractivity contribution in [1.29, 1.82) is 0 Å². The van der Waals surface area contributed by atoms with Crippen LogP contribution in [-0.4, -0.2) is 44.1 Å². The molecule has 2 aromatic rings. The summed E-state index contributed by atoms with van der Waals surface area (Å²) in [6, 6.07) is 6.72. The van der Waals surface area contributed by atoms with Crippen LogP contribution < -0.4 is 11.1 Å². The highest BCUT2D eigenvalue weighted by atomic mass is 16.2. The van der Waals surface area contributed by atoms with Gasteiger partial charge in [0.05, 0.1) is 37.1 Å². The van der Waals surface area contributed by atoms with Gasteiger partial charge in [0.1, 0.15) is 0 Å². The molecule has 8 nitrogen and oxygen atoms in total. The van der Waals surface area contributed by atoms with E-state index in [2.05, 4.69) is 15.4 Å². The van der Waals surface area contributed by atoms with E-state index in [-0.39, 0.29) is 11.8 Å². The standard InChI is InChI=1S/C16H20N6O2/c1-11(17)16(24)21-6-7-22-13(10-21)8-14(20-22)15(23)19-9-12-4-2-3-5-18-12/h2-5,8,11H,6-7,9-10,17H2,1H3,(H,19,23)/t11-/m0/s1. The first-order valence-corrected chi connectivity index (χ1v) is 7.84. The third-order valence-corrected chi connectivity index (χ3v) is 3.89. The monoisotopic (exact) mass is 328 g/mol. The van der Waals surface area contributed by atoms with Crippen molar-refractivity contribution in [2.75, 3.05) is 6.54 Å². The number of nitrogens with one attached hydrogen (secondary N) is 1. The Kier molecular flexibility index (Phi) is 4.57. The molecule has 1 aliphatic rings. The lowest BCUT2D eigenvalue weighted by molar-refractivity contribution is -0.133. The average molecular weight is 328 g/mol. The van der Waals surface area contributed by atoms with Gasteiger partial charge in [0.2, 0.25) is 5.91 Å². The summed E-state index contributed by atoms with van der Waals surface area (Å²) in [6.07, 6.45) is 1.68. The predicted molar refractivity (Wildman–Crippen MR) is 86.7 cm³/mol. The summed E-state index contributed by atoms with van der Waals surface area (Å²) in [4.78, 5) is 30.1. The predicted octanol–water partition coefficient (Wildman–Crippen LogP) is -0.102. The normalized spacial score (nSPS) is 14.8. The minimum atomic E-state index is -0.527. The van der Waals surface area contributed by atoms with Crippen LogP contribution in [0.2, 0.25) is 0 Å². The minimum Gasteiger partial charge on any atom is -0.345 e. The summed E-state index contributed by atoms with van der Waals surface area (Å²) in [5.41, 5.74) is 7.61. The molecule has 3 heterocycles. The zero-order chi connectivity index (χ0) is 17.1. The number of rotatable bonds is 4. The lowest BCUT2D eigenvalue weighted by Gasteiger charge is -2.28. The van der Waals surface area contributed by atoms with E-state index in [1.165, 1.54) is 0 Å². The fourth-order valence-electron chi connectivity index (χ4n) is 2.62. The number of fused-ring (bicyclic) bond motifs is 1. The maximum atomic E-state index is 12.2. The van der Waals surface area contributed by atoms with Crippen molar-refractivity contribution in [2.45, 2.75) is 32.6 Å². The fraction of sp³-hybridized carbons (Fsp3) is 0.375. The molecule has 0 saturated carbocycles. The van der Waals surface area contributed by atoms with Crippen molar-refractivity contribution >= 4 is 11.8 Å². The van der Waals surface area contributed by atoms with Crippen molar-refractivity contribution < 1.29 is 9.59 Å². The Morgan fingerprint density at radius 2 is 2.21 bits per heavy atom. The largest absolute Gasteiger partial charge is 0.345 e. The van der Waals surface area contributed by atoms with Crippen molar-refractivity contribution in [2.24, 2.45) is 5.73 Å². The molecule has 0 saturated heterocycles. The van der Waals surface area contributed by atoms with E-state index in [1.807, 2.05) is 18.2 Å². The molecular weight excluding hydrogens is 308 g/mol. The van der Waals surface area contributed by atoms with Crippen LogP contribution in [0.3, 0.4) is 0 Å². The second-order valence-corrected chi connectivity index (χ2v) is 5.80. The smallest absolute Gasteiger partial charge is 0.272 e. The molecule has 1 aliphatic heterocycles. The van der Waals surface area contributed by atoms with E-state index < -0.39 is 6.04 Å². The minimum absolute atomic E-state index is 0.0939. The quantitative estimate of drug-likeness (QED) is 0.815. The second-order valence-electron chi connectivity index (χ2n) is 5.80. The van der Waals surface area contributed by atoms with Gasteiger partial charge in [0, 0.05) is 12.7 Å². The summed E-state index contributed by atoms with van der Waals surface area (Å²) >= 11 is 0. The van der Waals surface area contributed by atoms with Gasteiger partial charge in [-0.05, 0) is 25.1 Å². The van der Waals surface area contributed by atoms with E-state index >= 15 is 0 Å². The highest BCUT2D eigenvalue weighted by Gasteiger charge is 2.25. The summed E-state index contributed by atoms with van der Waals surface area (Å²) < 4.78 is 1.76. The number of aromatic nitrogens is 3. The zero-order valence-electron chi connectivity index (χ0n) is 13.5. The zero-order valence-corrected chi connectivity index (χ0v) is 13.5.